The number of aromatic nitrogens is 2. The number of alkyl halides is 1. The number of aliphatic carboxylic acids is 1. The Balaban J connectivity index is 1.56. The molecule has 4 aromatic rings. The molecule has 4 atom stereocenters. The maximum atomic E-state index is 16.3. The van der Waals surface area contributed by atoms with Gasteiger partial charge in [0.15, 0.2) is 18.5 Å². The second-order valence-corrected chi connectivity index (χ2v) is 11.4. The van der Waals surface area contributed by atoms with Gasteiger partial charge < -0.3 is 34.1 Å². The molecule has 0 spiro atoms. The zero-order valence-electron chi connectivity index (χ0n) is 27.5. The fraction of sp³-hybridized carbons (Fsp3) is 0.306. The van der Waals surface area contributed by atoms with Crippen molar-refractivity contribution < 1.29 is 47.6 Å². The number of rotatable bonds is 14. The van der Waals surface area contributed by atoms with E-state index in [4.69, 9.17) is 28.8 Å². The predicted octanol–water partition coefficient (Wildman–Crippen LogP) is 4.24. The predicted molar refractivity (Wildman–Crippen MR) is 177 cm³/mol. The number of nitrogens with one attached hydrogen (secondary N) is 1. The van der Waals surface area contributed by atoms with Crippen LogP contribution in [-0.2, 0) is 34.2 Å². The zero-order valence-corrected chi connectivity index (χ0v) is 27.5. The fourth-order valence-corrected chi connectivity index (χ4v) is 5.75. The maximum Gasteiger partial charge on any atom is 0.351 e. The SMILES string of the molecule is COc1ccc(C(OC[C@H]2O[C@@H](n3ccc(NC(C)=O)nc3=O)[C@H](F)[C@@H]2OC(=O)CCC(=O)O)(c2ccccc2)c2ccc(OC)cc2)cc1. The highest BCUT2D eigenvalue weighted by molar-refractivity contribution is 5.87. The van der Waals surface area contributed by atoms with Crippen molar-refractivity contribution >= 4 is 23.7 Å². The van der Waals surface area contributed by atoms with Crippen LogP contribution in [0.4, 0.5) is 10.2 Å². The first-order valence-corrected chi connectivity index (χ1v) is 15.6. The standard InChI is InChI=1S/C36H36FN3O10/c1-22(41)38-29-19-20-40(35(45)39-29)34-32(37)33(50-31(44)18-17-30(42)43)28(49-34)21-48-36(23-7-5-4-6-8-23,24-9-13-26(46-2)14-10-24)25-11-15-27(47-3)16-12-25/h4-16,19-20,28,32-34H,17-18,21H2,1-3H3,(H,42,43)(H,38,39,41,45)/t28-,32-,33-,34-/m1/s1. The first-order valence-electron chi connectivity index (χ1n) is 15.6. The van der Waals surface area contributed by atoms with Gasteiger partial charge in [0, 0.05) is 13.1 Å². The number of carbonyl (C=O) groups excluding carboxylic acids is 2. The number of esters is 1. The molecule has 2 N–H and O–H groups in total. The van der Waals surface area contributed by atoms with E-state index in [2.05, 4.69) is 10.3 Å². The minimum Gasteiger partial charge on any atom is -0.497 e. The van der Waals surface area contributed by atoms with Crippen LogP contribution < -0.4 is 20.5 Å². The molecule has 0 saturated carbocycles. The number of carboxylic acids is 1. The van der Waals surface area contributed by atoms with Gasteiger partial charge in [0.1, 0.15) is 29.0 Å². The van der Waals surface area contributed by atoms with Crippen molar-refractivity contribution in [3.8, 4) is 11.5 Å². The van der Waals surface area contributed by atoms with Gasteiger partial charge in [-0.05, 0) is 47.0 Å². The third kappa shape index (κ3) is 7.82. The molecule has 0 unspecified atom stereocenters. The number of hydrogen-bond acceptors (Lipinski definition) is 10. The molecular weight excluding hydrogens is 653 g/mol. The molecule has 14 heteroatoms. The molecule has 262 valence electrons. The first-order chi connectivity index (χ1) is 24.0. The van der Waals surface area contributed by atoms with Crippen molar-refractivity contribution in [3.63, 3.8) is 0 Å². The zero-order chi connectivity index (χ0) is 35.8. The van der Waals surface area contributed by atoms with Crippen LogP contribution in [0, 0.1) is 0 Å². The second kappa shape index (κ2) is 15.7. The smallest absolute Gasteiger partial charge is 0.351 e. The Kier molecular flexibility index (Phi) is 11.2. The molecule has 3 aromatic carbocycles. The summed E-state index contributed by atoms with van der Waals surface area (Å²) in [7, 11) is 3.10. The Morgan fingerprint density at radius 3 is 2.00 bits per heavy atom. The number of methoxy groups -OCH3 is 2. The molecule has 1 amide bonds. The lowest BCUT2D eigenvalue weighted by molar-refractivity contribution is -0.159. The van der Waals surface area contributed by atoms with Gasteiger partial charge in [0.25, 0.3) is 0 Å². The fourth-order valence-electron chi connectivity index (χ4n) is 5.75. The molecule has 1 aliphatic rings. The lowest BCUT2D eigenvalue weighted by atomic mass is 9.80. The monoisotopic (exact) mass is 689 g/mol. The number of benzene rings is 3. The minimum absolute atomic E-state index is 0.0460. The summed E-state index contributed by atoms with van der Waals surface area (Å²) < 4.78 is 46.4. The highest BCUT2D eigenvalue weighted by atomic mass is 19.1. The molecule has 1 aliphatic heterocycles. The molecule has 1 fully saturated rings. The van der Waals surface area contributed by atoms with Crippen molar-refractivity contribution in [2.45, 2.75) is 50.0 Å². The summed E-state index contributed by atoms with van der Waals surface area (Å²) in [5, 5.41) is 11.5. The summed E-state index contributed by atoms with van der Waals surface area (Å²) in [5.41, 5.74) is -0.235. The van der Waals surface area contributed by atoms with E-state index in [1.807, 2.05) is 54.6 Å². The number of hydrogen-bond donors (Lipinski definition) is 2. The summed E-state index contributed by atoms with van der Waals surface area (Å²) in [6.45, 7) is 0.874. The third-order valence-electron chi connectivity index (χ3n) is 8.12. The molecule has 1 aromatic heterocycles. The number of anilines is 1. The van der Waals surface area contributed by atoms with E-state index in [9.17, 15) is 19.2 Å². The van der Waals surface area contributed by atoms with Crippen molar-refractivity contribution in [3.05, 3.63) is 118 Å². The third-order valence-corrected chi connectivity index (χ3v) is 8.12. The number of carbonyl (C=O) groups is 3. The molecule has 50 heavy (non-hydrogen) atoms. The number of nitrogens with zero attached hydrogens (tertiary/aromatic N) is 2. The normalized spacial score (nSPS) is 18.6. The average Bonchev–Trinajstić information content (AvgIpc) is 3.42. The van der Waals surface area contributed by atoms with Gasteiger partial charge in [0.05, 0.1) is 33.7 Å². The largest absolute Gasteiger partial charge is 0.497 e. The number of ether oxygens (including phenoxy) is 5. The quantitative estimate of drug-likeness (QED) is 0.144. The van der Waals surface area contributed by atoms with E-state index in [-0.39, 0.29) is 12.4 Å². The van der Waals surface area contributed by atoms with Gasteiger partial charge in [-0.2, -0.15) is 4.98 Å². The van der Waals surface area contributed by atoms with E-state index < -0.39 is 66.6 Å². The van der Waals surface area contributed by atoms with E-state index in [1.165, 1.54) is 19.2 Å². The topological polar surface area (TPSA) is 165 Å². The molecule has 0 radical (unpaired) electrons. The van der Waals surface area contributed by atoms with Gasteiger partial charge >= 0.3 is 17.6 Å². The molecule has 5 rings (SSSR count). The lowest BCUT2D eigenvalue weighted by Gasteiger charge is -2.37. The van der Waals surface area contributed by atoms with E-state index in [1.54, 1.807) is 38.5 Å². The Bertz CT molecular complexity index is 1800. The molecule has 0 bridgehead atoms. The number of halogens is 1. The van der Waals surface area contributed by atoms with E-state index in [0.29, 0.717) is 28.2 Å². The Hall–Kier alpha value is -5.60. The van der Waals surface area contributed by atoms with Crippen LogP contribution in [0.15, 0.2) is 95.9 Å². The Morgan fingerprint density at radius 2 is 1.48 bits per heavy atom. The number of amides is 1. The van der Waals surface area contributed by atoms with Crippen LogP contribution in [0.1, 0.15) is 42.7 Å². The van der Waals surface area contributed by atoms with Gasteiger partial charge in [-0.1, -0.05) is 54.6 Å². The summed E-state index contributed by atoms with van der Waals surface area (Å²) >= 11 is 0. The highest BCUT2D eigenvalue weighted by Crippen LogP contribution is 2.43. The lowest BCUT2D eigenvalue weighted by Crippen LogP contribution is -2.41. The van der Waals surface area contributed by atoms with Crippen LogP contribution in [0.2, 0.25) is 0 Å². The van der Waals surface area contributed by atoms with Crippen LogP contribution in [0.5, 0.6) is 11.5 Å². The maximum absolute atomic E-state index is 16.3. The minimum atomic E-state index is -2.10. The molecule has 1 saturated heterocycles. The van der Waals surface area contributed by atoms with Crippen LogP contribution in [0.3, 0.4) is 0 Å². The van der Waals surface area contributed by atoms with Gasteiger partial charge in [-0.25, -0.2) is 9.18 Å². The Morgan fingerprint density at radius 1 is 0.900 bits per heavy atom. The molecular formula is C36H36FN3O10. The van der Waals surface area contributed by atoms with E-state index >= 15 is 4.39 Å². The number of carboxylic acid groups (broad SMARTS) is 1. The second-order valence-electron chi connectivity index (χ2n) is 11.4. The van der Waals surface area contributed by atoms with E-state index in [0.717, 1.165) is 4.57 Å². The first kappa shape index (κ1) is 35.7. The molecule has 13 nitrogen and oxygen atoms in total. The van der Waals surface area contributed by atoms with Crippen LogP contribution >= 0.6 is 0 Å². The molecule has 0 aliphatic carbocycles. The van der Waals surface area contributed by atoms with Gasteiger partial charge in [-0.3, -0.25) is 19.0 Å². The van der Waals surface area contributed by atoms with Crippen molar-refractivity contribution in [1.82, 2.24) is 9.55 Å². The highest BCUT2D eigenvalue weighted by Gasteiger charge is 2.50. The molecule has 2 heterocycles. The summed E-state index contributed by atoms with van der Waals surface area (Å²) in [6, 6.07) is 25.0. The Labute approximate surface area is 286 Å². The van der Waals surface area contributed by atoms with Gasteiger partial charge in [0.2, 0.25) is 5.91 Å². The van der Waals surface area contributed by atoms with Crippen LogP contribution in [0.25, 0.3) is 0 Å². The average molecular weight is 690 g/mol. The summed E-state index contributed by atoms with van der Waals surface area (Å²) in [4.78, 5) is 52.1. The van der Waals surface area contributed by atoms with Crippen molar-refractivity contribution in [2.24, 2.45) is 0 Å². The summed E-state index contributed by atoms with van der Waals surface area (Å²) in [5.74, 6) is -1.51. The summed E-state index contributed by atoms with van der Waals surface area (Å²) in [6.07, 6.45) is -6.46. The van der Waals surface area contributed by atoms with Crippen molar-refractivity contribution in [2.75, 3.05) is 26.1 Å². The van der Waals surface area contributed by atoms with Crippen molar-refractivity contribution in [1.29, 1.82) is 0 Å². The van der Waals surface area contributed by atoms with Crippen LogP contribution in [-0.4, -0.2) is 71.7 Å². The van der Waals surface area contributed by atoms with Gasteiger partial charge in [-0.15, -0.1) is 0 Å².